The molecule has 0 atom stereocenters. The highest BCUT2D eigenvalue weighted by Crippen LogP contribution is 2.29. The summed E-state index contributed by atoms with van der Waals surface area (Å²) in [6.07, 6.45) is 4.73. The molecule has 0 aliphatic carbocycles. The van der Waals surface area contributed by atoms with Crippen LogP contribution in [-0.2, 0) is 6.54 Å². The third-order valence-electron chi connectivity index (χ3n) is 3.99. The fourth-order valence-corrected chi connectivity index (χ4v) is 3.21. The number of nitrogens with zero attached hydrogens (tertiary/aromatic N) is 1. The van der Waals surface area contributed by atoms with Gasteiger partial charge in [-0.1, -0.05) is 24.3 Å². The average Bonchev–Trinajstić information content (AvgIpc) is 3.08. The van der Waals surface area contributed by atoms with Crippen LogP contribution in [0.5, 0.6) is 0 Å². The van der Waals surface area contributed by atoms with Crippen molar-refractivity contribution in [2.45, 2.75) is 24.3 Å². The maximum absolute atomic E-state index is 3.60. The highest BCUT2D eigenvalue weighted by Gasteiger charge is 2.14. The summed E-state index contributed by atoms with van der Waals surface area (Å²) in [7, 11) is 0. The molecule has 2 aromatic rings. The van der Waals surface area contributed by atoms with E-state index < -0.39 is 0 Å². The number of thioether (sulfide) groups is 1. The first-order valence-electron chi connectivity index (χ1n) is 7.57. The maximum atomic E-state index is 3.60. The van der Waals surface area contributed by atoms with Crippen molar-refractivity contribution < 1.29 is 0 Å². The van der Waals surface area contributed by atoms with Gasteiger partial charge >= 0.3 is 0 Å². The highest BCUT2D eigenvalue weighted by molar-refractivity contribution is 7.98. The third-order valence-corrected chi connectivity index (χ3v) is 4.74. The highest BCUT2D eigenvalue weighted by atomic mass is 32.2. The smallest absolute Gasteiger partial charge is 0.0602 e. The second-order valence-electron chi connectivity index (χ2n) is 5.41. The Balaban J connectivity index is 1.69. The van der Waals surface area contributed by atoms with Crippen LogP contribution in [0.2, 0.25) is 0 Å². The van der Waals surface area contributed by atoms with Gasteiger partial charge < -0.3 is 10.2 Å². The molecule has 1 aliphatic rings. The molecule has 0 radical (unpaired) electrons. The lowest BCUT2D eigenvalue weighted by atomic mass is 10.2. The van der Waals surface area contributed by atoms with Crippen molar-refractivity contribution in [3.8, 4) is 0 Å². The molecular formula is C18H22N2S. The topological polar surface area (TPSA) is 15.3 Å². The maximum Gasteiger partial charge on any atom is 0.0602 e. The number of hydrogen-bond donors (Lipinski definition) is 1. The lowest BCUT2D eigenvalue weighted by Crippen LogP contribution is -2.19. The SMILES string of the molecule is CSc1ccc(CNc2ccccc2N2CCCC2)cc1. The molecule has 1 fully saturated rings. The fourth-order valence-electron chi connectivity index (χ4n) is 2.80. The summed E-state index contributed by atoms with van der Waals surface area (Å²) in [4.78, 5) is 3.80. The van der Waals surface area contributed by atoms with Crippen molar-refractivity contribution >= 4 is 23.1 Å². The monoisotopic (exact) mass is 298 g/mol. The normalized spacial score (nSPS) is 14.4. The molecular weight excluding hydrogens is 276 g/mol. The Labute approximate surface area is 131 Å². The Bertz CT molecular complexity index is 574. The van der Waals surface area contributed by atoms with Crippen LogP contribution in [0.1, 0.15) is 18.4 Å². The van der Waals surface area contributed by atoms with E-state index >= 15 is 0 Å². The van der Waals surface area contributed by atoms with Gasteiger partial charge in [-0.2, -0.15) is 0 Å². The average molecular weight is 298 g/mol. The Morgan fingerprint density at radius 3 is 2.43 bits per heavy atom. The molecule has 1 heterocycles. The number of rotatable bonds is 5. The molecule has 0 spiro atoms. The van der Waals surface area contributed by atoms with Crippen molar-refractivity contribution in [2.75, 3.05) is 29.6 Å². The van der Waals surface area contributed by atoms with Gasteiger partial charge in [0.15, 0.2) is 0 Å². The van der Waals surface area contributed by atoms with Crippen molar-refractivity contribution in [3.63, 3.8) is 0 Å². The molecule has 3 rings (SSSR count). The minimum Gasteiger partial charge on any atom is -0.379 e. The van der Waals surface area contributed by atoms with Gasteiger partial charge in [0.05, 0.1) is 11.4 Å². The molecule has 2 nitrogen and oxygen atoms in total. The summed E-state index contributed by atoms with van der Waals surface area (Å²) in [6.45, 7) is 3.24. The molecule has 0 aromatic heterocycles. The lowest BCUT2D eigenvalue weighted by molar-refractivity contribution is 0.949. The first-order valence-corrected chi connectivity index (χ1v) is 8.80. The summed E-state index contributed by atoms with van der Waals surface area (Å²) >= 11 is 1.78. The lowest BCUT2D eigenvalue weighted by Gasteiger charge is -2.22. The van der Waals surface area contributed by atoms with Crippen molar-refractivity contribution in [3.05, 3.63) is 54.1 Å². The molecule has 3 heteroatoms. The van der Waals surface area contributed by atoms with Gasteiger partial charge in [0.25, 0.3) is 0 Å². The molecule has 2 aromatic carbocycles. The largest absolute Gasteiger partial charge is 0.379 e. The molecule has 1 N–H and O–H groups in total. The van der Waals surface area contributed by atoms with Crippen LogP contribution in [0.25, 0.3) is 0 Å². The van der Waals surface area contributed by atoms with Crippen LogP contribution in [-0.4, -0.2) is 19.3 Å². The first kappa shape index (κ1) is 14.3. The Kier molecular flexibility index (Phi) is 4.71. The predicted octanol–water partition coefficient (Wildman–Crippen LogP) is 4.62. The fraction of sp³-hybridized carbons (Fsp3) is 0.333. The van der Waals surface area contributed by atoms with Crippen LogP contribution in [0.3, 0.4) is 0 Å². The summed E-state index contributed by atoms with van der Waals surface area (Å²) in [5.74, 6) is 0. The van der Waals surface area contributed by atoms with Gasteiger partial charge in [-0.25, -0.2) is 0 Å². The van der Waals surface area contributed by atoms with E-state index in [9.17, 15) is 0 Å². The molecule has 0 unspecified atom stereocenters. The predicted molar refractivity (Wildman–Crippen MR) is 93.4 cm³/mol. The molecule has 0 bridgehead atoms. The van der Waals surface area contributed by atoms with E-state index in [1.165, 1.54) is 47.8 Å². The second-order valence-corrected chi connectivity index (χ2v) is 6.29. The molecule has 21 heavy (non-hydrogen) atoms. The first-order chi connectivity index (χ1) is 10.4. The standard InChI is InChI=1S/C18H22N2S/c1-21-16-10-8-15(9-11-16)14-19-17-6-2-3-7-18(17)20-12-4-5-13-20/h2-3,6-11,19H,4-5,12-14H2,1H3. The Morgan fingerprint density at radius 2 is 1.71 bits per heavy atom. The molecule has 110 valence electrons. The van der Waals surface area contributed by atoms with Gasteiger partial charge in [0.1, 0.15) is 0 Å². The van der Waals surface area contributed by atoms with Crippen LogP contribution in [0, 0.1) is 0 Å². The van der Waals surface area contributed by atoms with Gasteiger partial charge in [0, 0.05) is 24.5 Å². The summed E-state index contributed by atoms with van der Waals surface area (Å²) < 4.78 is 0. The zero-order chi connectivity index (χ0) is 14.5. The number of anilines is 2. The van der Waals surface area contributed by atoms with E-state index in [0.29, 0.717) is 0 Å². The van der Waals surface area contributed by atoms with E-state index in [-0.39, 0.29) is 0 Å². The number of nitrogens with one attached hydrogen (secondary N) is 1. The number of benzene rings is 2. The zero-order valence-corrected chi connectivity index (χ0v) is 13.3. The summed E-state index contributed by atoms with van der Waals surface area (Å²) in [5.41, 5.74) is 3.91. The third kappa shape index (κ3) is 3.53. The minimum atomic E-state index is 0.875. The molecule has 0 saturated carbocycles. The minimum absolute atomic E-state index is 0.875. The second kappa shape index (κ2) is 6.90. The van der Waals surface area contributed by atoms with E-state index in [1.807, 2.05) is 0 Å². The van der Waals surface area contributed by atoms with Gasteiger partial charge in [-0.3, -0.25) is 0 Å². The van der Waals surface area contributed by atoms with Gasteiger partial charge in [-0.05, 0) is 48.9 Å². The van der Waals surface area contributed by atoms with E-state index in [4.69, 9.17) is 0 Å². The Hall–Kier alpha value is -1.61. The Morgan fingerprint density at radius 1 is 1.00 bits per heavy atom. The van der Waals surface area contributed by atoms with Crippen LogP contribution >= 0.6 is 11.8 Å². The van der Waals surface area contributed by atoms with Crippen molar-refractivity contribution in [1.82, 2.24) is 0 Å². The number of para-hydroxylation sites is 2. The van der Waals surface area contributed by atoms with Crippen LogP contribution in [0.4, 0.5) is 11.4 Å². The van der Waals surface area contributed by atoms with Gasteiger partial charge in [0.2, 0.25) is 0 Å². The van der Waals surface area contributed by atoms with Crippen LogP contribution in [0.15, 0.2) is 53.4 Å². The van der Waals surface area contributed by atoms with Crippen molar-refractivity contribution in [1.29, 1.82) is 0 Å². The zero-order valence-electron chi connectivity index (χ0n) is 12.5. The number of hydrogen-bond acceptors (Lipinski definition) is 3. The quantitative estimate of drug-likeness (QED) is 0.811. The molecule has 1 aliphatic heterocycles. The van der Waals surface area contributed by atoms with E-state index in [0.717, 1.165) is 6.54 Å². The molecule has 0 amide bonds. The van der Waals surface area contributed by atoms with E-state index in [1.54, 1.807) is 11.8 Å². The molecule has 1 saturated heterocycles. The summed E-state index contributed by atoms with van der Waals surface area (Å²) in [5, 5.41) is 3.60. The van der Waals surface area contributed by atoms with E-state index in [2.05, 4.69) is 65.0 Å². The van der Waals surface area contributed by atoms with Gasteiger partial charge in [-0.15, -0.1) is 11.8 Å². The van der Waals surface area contributed by atoms with Crippen LogP contribution < -0.4 is 10.2 Å². The van der Waals surface area contributed by atoms with Crippen molar-refractivity contribution in [2.24, 2.45) is 0 Å². The summed E-state index contributed by atoms with van der Waals surface area (Å²) in [6, 6.07) is 17.4.